The molecule has 0 saturated heterocycles. The predicted molar refractivity (Wildman–Crippen MR) is 177 cm³/mol. The Morgan fingerprint density at radius 3 is 1.98 bits per heavy atom. The van der Waals surface area contributed by atoms with E-state index < -0.39 is 59.0 Å². The topological polar surface area (TPSA) is 176 Å². The summed E-state index contributed by atoms with van der Waals surface area (Å²) in [5, 5.41) is 7.94. The van der Waals surface area contributed by atoms with E-state index in [2.05, 4.69) is 20.9 Å². The lowest BCUT2D eigenvalue weighted by Crippen LogP contribution is -2.53. The van der Waals surface area contributed by atoms with Crippen LogP contribution in [0.2, 0.25) is 0 Å². The van der Waals surface area contributed by atoms with Gasteiger partial charge in [0.15, 0.2) is 0 Å². The zero-order valence-corrected chi connectivity index (χ0v) is 29.5. The molecular weight excluding hydrogens is 622 g/mol. The standard InChI is InChI=1S/C34H51N5O9/c1-32(2,3)46-29(42)35-18-14-13-17-25(28(41)45-21-23-15-11-10-12-16-23)37-27(40)26(38-30(43)47-33(4,5)6)19-24-20-39(22-36-24)31(44)48-34(7,8)9/h10-12,15-16,20,22,25-26H,13-14,17-19,21H2,1-9H3,(H,35,42)(H,37,40)(H,38,43)/t25-,26-/m0/s1. The van der Waals surface area contributed by atoms with Crippen molar-refractivity contribution in [1.82, 2.24) is 25.5 Å². The van der Waals surface area contributed by atoms with E-state index in [1.54, 1.807) is 74.4 Å². The van der Waals surface area contributed by atoms with Crippen molar-refractivity contribution >= 4 is 30.2 Å². The van der Waals surface area contributed by atoms with E-state index in [0.29, 0.717) is 18.5 Å². The predicted octanol–water partition coefficient (Wildman–Crippen LogP) is 5.03. The Labute approximate surface area is 282 Å². The highest BCUT2D eigenvalue weighted by atomic mass is 16.6. The number of rotatable bonds is 13. The monoisotopic (exact) mass is 673 g/mol. The maximum atomic E-state index is 13.7. The Hall–Kier alpha value is -4.62. The average molecular weight is 674 g/mol. The number of aromatic nitrogens is 2. The molecule has 0 fully saturated rings. The Balaban J connectivity index is 2.20. The minimum atomic E-state index is -1.24. The zero-order chi connectivity index (χ0) is 36.1. The molecule has 2 atom stereocenters. The molecule has 1 aromatic heterocycles. The number of hydrogen-bond donors (Lipinski definition) is 3. The Morgan fingerprint density at radius 2 is 1.38 bits per heavy atom. The van der Waals surface area contributed by atoms with Crippen molar-refractivity contribution in [2.75, 3.05) is 6.54 Å². The molecule has 14 nitrogen and oxygen atoms in total. The molecule has 48 heavy (non-hydrogen) atoms. The van der Waals surface area contributed by atoms with E-state index in [1.165, 1.54) is 12.5 Å². The number of nitrogens with one attached hydrogen (secondary N) is 3. The van der Waals surface area contributed by atoms with Crippen LogP contribution in [0, 0.1) is 0 Å². The van der Waals surface area contributed by atoms with Gasteiger partial charge >= 0.3 is 24.2 Å². The Morgan fingerprint density at radius 1 is 0.771 bits per heavy atom. The molecule has 3 amide bonds. The molecule has 2 rings (SSSR count). The third-order valence-electron chi connectivity index (χ3n) is 6.07. The molecule has 0 unspecified atom stereocenters. The van der Waals surface area contributed by atoms with Crippen LogP contribution in [0.1, 0.15) is 92.8 Å². The lowest BCUT2D eigenvalue weighted by Gasteiger charge is -2.25. The second kappa shape index (κ2) is 17.5. The summed E-state index contributed by atoms with van der Waals surface area (Å²) >= 11 is 0. The van der Waals surface area contributed by atoms with E-state index in [-0.39, 0.29) is 26.0 Å². The normalized spacial score (nSPS) is 13.0. The van der Waals surface area contributed by atoms with Crippen LogP contribution >= 0.6 is 0 Å². The fraction of sp³-hybridized carbons (Fsp3) is 0.588. The van der Waals surface area contributed by atoms with Crippen LogP contribution in [0.5, 0.6) is 0 Å². The highest BCUT2D eigenvalue weighted by Gasteiger charge is 2.30. The molecule has 1 heterocycles. The van der Waals surface area contributed by atoms with Gasteiger partial charge in [-0.15, -0.1) is 0 Å². The first-order chi connectivity index (χ1) is 22.2. The largest absolute Gasteiger partial charge is 0.459 e. The van der Waals surface area contributed by atoms with Crippen molar-refractivity contribution < 1.29 is 42.9 Å². The number of benzene rings is 1. The van der Waals surface area contributed by atoms with Gasteiger partial charge in [-0.2, -0.15) is 0 Å². The van der Waals surface area contributed by atoms with Crippen LogP contribution in [0.4, 0.5) is 14.4 Å². The maximum Gasteiger partial charge on any atom is 0.419 e. The molecule has 0 bridgehead atoms. The van der Waals surface area contributed by atoms with Crippen molar-refractivity contribution in [2.24, 2.45) is 0 Å². The van der Waals surface area contributed by atoms with Crippen molar-refractivity contribution in [3.8, 4) is 0 Å². The smallest absolute Gasteiger partial charge is 0.419 e. The summed E-state index contributed by atoms with van der Waals surface area (Å²) in [6, 6.07) is 6.77. The zero-order valence-electron chi connectivity index (χ0n) is 29.5. The van der Waals surface area contributed by atoms with E-state index in [9.17, 15) is 24.0 Å². The number of esters is 1. The number of imidazole rings is 1. The molecule has 3 N–H and O–H groups in total. The van der Waals surface area contributed by atoms with Gasteiger partial charge in [-0.05, 0) is 87.1 Å². The quantitative estimate of drug-likeness (QED) is 0.149. The Kier molecular flexibility index (Phi) is 14.4. The lowest BCUT2D eigenvalue weighted by atomic mass is 10.1. The van der Waals surface area contributed by atoms with Crippen LogP contribution in [0.25, 0.3) is 0 Å². The molecule has 1 aromatic carbocycles. The van der Waals surface area contributed by atoms with Crippen molar-refractivity contribution in [1.29, 1.82) is 0 Å². The molecule has 0 spiro atoms. The summed E-state index contributed by atoms with van der Waals surface area (Å²) < 4.78 is 22.6. The maximum absolute atomic E-state index is 13.7. The number of carbonyl (C=O) groups is 5. The molecule has 0 aliphatic heterocycles. The fourth-order valence-corrected chi connectivity index (χ4v) is 4.08. The summed E-state index contributed by atoms with van der Waals surface area (Å²) in [6.07, 6.45) is 1.55. The van der Waals surface area contributed by atoms with Gasteiger partial charge in [-0.25, -0.2) is 28.7 Å². The summed E-state index contributed by atoms with van der Waals surface area (Å²) in [5.41, 5.74) is -1.16. The second-order valence-electron chi connectivity index (χ2n) is 14.2. The number of hydrogen-bond acceptors (Lipinski definition) is 10. The molecule has 2 aromatic rings. The van der Waals surface area contributed by atoms with Gasteiger partial charge in [-0.1, -0.05) is 30.3 Å². The van der Waals surface area contributed by atoms with Crippen LogP contribution < -0.4 is 16.0 Å². The van der Waals surface area contributed by atoms with Crippen LogP contribution in [0.3, 0.4) is 0 Å². The second-order valence-corrected chi connectivity index (χ2v) is 14.2. The molecule has 266 valence electrons. The van der Waals surface area contributed by atoms with Gasteiger partial charge in [-0.3, -0.25) is 4.79 Å². The SMILES string of the molecule is CC(C)(C)OC(=O)NCCCC[C@H](NC(=O)[C@H](Cc1cn(C(=O)OC(C)(C)C)cn1)NC(=O)OC(C)(C)C)C(=O)OCc1ccccc1. The fourth-order valence-electron chi connectivity index (χ4n) is 4.08. The molecule has 14 heteroatoms. The van der Waals surface area contributed by atoms with Gasteiger partial charge < -0.3 is 34.9 Å². The summed E-state index contributed by atoms with van der Waals surface area (Å²) in [7, 11) is 0. The molecular formula is C34H51N5O9. The summed E-state index contributed by atoms with van der Waals surface area (Å²) in [4.78, 5) is 68.4. The average Bonchev–Trinajstić information content (AvgIpc) is 3.41. The number of ether oxygens (including phenoxy) is 4. The van der Waals surface area contributed by atoms with E-state index in [0.717, 1.165) is 10.1 Å². The van der Waals surface area contributed by atoms with Crippen LogP contribution in [0.15, 0.2) is 42.9 Å². The number of carbonyl (C=O) groups excluding carboxylic acids is 5. The third-order valence-corrected chi connectivity index (χ3v) is 6.07. The molecule has 0 aliphatic carbocycles. The first-order valence-corrected chi connectivity index (χ1v) is 15.9. The van der Waals surface area contributed by atoms with E-state index >= 15 is 0 Å². The van der Waals surface area contributed by atoms with Crippen LogP contribution in [-0.4, -0.2) is 75.1 Å². The van der Waals surface area contributed by atoms with Gasteiger partial charge in [0.05, 0.1) is 5.69 Å². The first-order valence-electron chi connectivity index (χ1n) is 15.9. The van der Waals surface area contributed by atoms with Gasteiger partial charge in [0.25, 0.3) is 0 Å². The number of nitrogens with zero attached hydrogens (tertiary/aromatic N) is 2. The van der Waals surface area contributed by atoms with Gasteiger partial charge in [0, 0.05) is 19.2 Å². The van der Waals surface area contributed by atoms with Crippen LogP contribution in [-0.2, 0) is 41.6 Å². The van der Waals surface area contributed by atoms with Crippen molar-refractivity contribution in [3.63, 3.8) is 0 Å². The molecule has 0 radical (unpaired) electrons. The highest BCUT2D eigenvalue weighted by molar-refractivity contribution is 5.90. The van der Waals surface area contributed by atoms with E-state index in [4.69, 9.17) is 18.9 Å². The highest BCUT2D eigenvalue weighted by Crippen LogP contribution is 2.13. The number of amides is 3. The van der Waals surface area contributed by atoms with Crippen molar-refractivity contribution in [3.05, 3.63) is 54.1 Å². The Bertz CT molecular complexity index is 1370. The third kappa shape index (κ3) is 16.3. The molecule has 0 aliphatic rings. The summed E-state index contributed by atoms with van der Waals surface area (Å²) in [6.45, 7) is 15.8. The van der Waals surface area contributed by atoms with E-state index in [1.807, 2.05) is 18.2 Å². The minimum Gasteiger partial charge on any atom is -0.459 e. The van der Waals surface area contributed by atoms with Gasteiger partial charge in [0.1, 0.15) is 41.8 Å². The first kappa shape index (κ1) is 39.6. The number of unbranched alkanes of at least 4 members (excludes halogenated alkanes) is 1. The van der Waals surface area contributed by atoms with Gasteiger partial charge in [0.2, 0.25) is 5.91 Å². The molecule has 0 saturated carbocycles. The number of alkyl carbamates (subject to hydrolysis) is 2. The lowest BCUT2D eigenvalue weighted by molar-refractivity contribution is -0.149. The van der Waals surface area contributed by atoms with Crippen molar-refractivity contribution in [2.45, 2.75) is 123 Å². The minimum absolute atomic E-state index is 0.00602. The summed E-state index contributed by atoms with van der Waals surface area (Å²) in [5.74, 6) is -1.36.